The summed E-state index contributed by atoms with van der Waals surface area (Å²) in [6.07, 6.45) is 0.800. The summed E-state index contributed by atoms with van der Waals surface area (Å²) in [7, 11) is 1.37. The van der Waals surface area contributed by atoms with Gasteiger partial charge >= 0.3 is 5.97 Å². The second-order valence-electron chi connectivity index (χ2n) is 8.73. The van der Waals surface area contributed by atoms with Crippen LogP contribution in [-0.4, -0.2) is 33.9 Å². The fourth-order valence-electron chi connectivity index (χ4n) is 4.45. The second kappa shape index (κ2) is 10.5. The van der Waals surface area contributed by atoms with E-state index in [2.05, 4.69) is 9.97 Å². The predicted molar refractivity (Wildman–Crippen MR) is 145 cm³/mol. The SMILES string of the molecule is COc1cc2nc(-c3cccc(Cl)c3-c3ccc(C(=O)CCc4ccccc4)cc3C(=O)O)[nH]c2cc1F. The summed E-state index contributed by atoms with van der Waals surface area (Å²) in [4.78, 5) is 32.9. The van der Waals surface area contributed by atoms with E-state index in [0.717, 1.165) is 5.56 Å². The van der Waals surface area contributed by atoms with Crippen LogP contribution in [0, 0.1) is 5.82 Å². The number of aromatic carboxylic acids is 1. The van der Waals surface area contributed by atoms with E-state index < -0.39 is 11.8 Å². The highest BCUT2D eigenvalue weighted by molar-refractivity contribution is 6.34. The number of aromatic nitrogens is 2. The number of aryl methyl sites for hydroxylation is 1. The van der Waals surface area contributed by atoms with Crippen LogP contribution in [0.4, 0.5) is 4.39 Å². The molecule has 0 atom stereocenters. The first-order valence-corrected chi connectivity index (χ1v) is 12.2. The van der Waals surface area contributed by atoms with Gasteiger partial charge in [-0.15, -0.1) is 0 Å². The number of fused-ring (bicyclic) bond motifs is 1. The van der Waals surface area contributed by atoms with Crippen molar-refractivity contribution in [1.29, 1.82) is 0 Å². The van der Waals surface area contributed by atoms with E-state index in [1.807, 2.05) is 30.3 Å². The molecule has 0 aliphatic rings. The van der Waals surface area contributed by atoms with Crippen molar-refractivity contribution < 1.29 is 23.8 Å². The molecule has 190 valence electrons. The average molecular weight is 529 g/mol. The summed E-state index contributed by atoms with van der Waals surface area (Å²) in [5.41, 5.74) is 3.49. The van der Waals surface area contributed by atoms with Gasteiger partial charge in [0.05, 0.1) is 23.7 Å². The first-order valence-electron chi connectivity index (χ1n) is 11.8. The van der Waals surface area contributed by atoms with Gasteiger partial charge in [-0.05, 0) is 29.7 Å². The number of rotatable bonds is 8. The Labute approximate surface area is 222 Å². The summed E-state index contributed by atoms with van der Waals surface area (Å²) in [6, 6.07) is 22.1. The topological polar surface area (TPSA) is 92.3 Å². The molecule has 5 aromatic rings. The number of H-pyrrole nitrogens is 1. The van der Waals surface area contributed by atoms with Gasteiger partial charge in [0, 0.05) is 40.3 Å². The zero-order chi connectivity index (χ0) is 26.8. The lowest BCUT2D eigenvalue weighted by atomic mass is 9.92. The minimum absolute atomic E-state index is 0.0579. The standard InChI is InChI=1S/C30H22ClFN2O4/c1-38-27-16-25-24(15-23(27)32)33-29(34-25)20-8-5-9-22(31)28(20)19-12-11-18(14-21(19)30(36)37)26(35)13-10-17-6-3-2-4-7-17/h2-9,11-12,14-16H,10,13H2,1H3,(H,33,34)(H,36,37). The zero-order valence-electron chi connectivity index (χ0n) is 20.3. The summed E-state index contributed by atoms with van der Waals surface area (Å²) in [5, 5.41) is 10.4. The quantitative estimate of drug-likeness (QED) is 0.208. The van der Waals surface area contributed by atoms with Crippen LogP contribution < -0.4 is 4.74 Å². The molecule has 0 radical (unpaired) electrons. The molecule has 0 aliphatic heterocycles. The third kappa shape index (κ3) is 4.88. The van der Waals surface area contributed by atoms with Crippen molar-refractivity contribution in [2.24, 2.45) is 0 Å². The van der Waals surface area contributed by atoms with E-state index >= 15 is 0 Å². The fraction of sp³-hybridized carbons (Fsp3) is 0.100. The van der Waals surface area contributed by atoms with E-state index in [-0.39, 0.29) is 23.5 Å². The molecule has 1 aromatic heterocycles. The Kier molecular flexibility index (Phi) is 6.94. The first-order chi connectivity index (χ1) is 18.4. The minimum Gasteiger partial charge on any atom is -0.494 e. The van der Waals surface area contributed by atoms with Gasteiger partial charge in [-0.3, -0.25) is 4.79 Å². The molecular formula is C30H22ClFN2O4. The summed E-state index contributed by atoms with van der Waals surface area (Å²) < 4.78 is 19.3. The Morgan fingerprint density at radius 1 is 1.00 bits per heavy atom. The molecule has 2 N–H and O–H groups in total. The largest absolute Gasteiger partial charge is 0.494 e. The third-order valence-corrected chi connectivity index (χ3v) is 6.66. The van der Waals surface area contributed by atoms with Gasteiger partial charge in [0.2, 0.25) is 0 Å². The number of hydrogen-bond acceptors (Lipinski definition) is 4. The maximum atomic E-state index is 14.2. The van der Waals surface area contributed by atoms with Crippen LogP contribution >= 0.6 is 11.6 Å². The van der Waals surface area contributed by atoms with Gasteiger partial charge in [-0.25, -0.2) is 14.2 Å². The highest BCUT2D eigenvalue weighted by Gasteiger charge is 2.22. The maximum Gasteiger partial charge on any atom is 0.336 e. The predicted octanol–water partition coefficient (Wildman–Crippen LogP) is 7.21. The van der Waals surface area contributed by atoms with Crippen LogP contribution in [0.5, 0.6) is 5.75 Å². The van der Waals surface area contributed by atoms with Crippen molar-refractivity contribution >= 4 is 34.4 Å². The number of halogens is 2. The lowest BCUT2D eigenvalue weighted by Crippen LogP contribution is -2.06. The highest BCUT2D eigenvalue weighted by Crippen LogP contribution is 2.39. The van der Waals surface area contributed by atoms with Gasteiger partial charge in [0.1, 0.15) is 5.82 Å². The highest BCUT2D eigenvalue weighted by atomic mass is 35.5. The van der Waals surface area contributed by atoms with E-state index in [4.69, 9.17) is 16.3 Å². The molecule has 0 aliphatic carbocycles. The van der Waals surface area contributed by atoms with Crippen LogP contribution in [-0.2, 0) is 6.42 Å². The molecule has 0 unspecified atom stereocenters. The van der Waals surface area contributed by atoms with Crippen molar-refractivity contribution in [2.45, 2.75) is 12.8 Å². The Balaban J connectivity index is 1.56. The van der Waals surface area contributed by atoms with Crippen molar-refractivity contribution in [3.05, 3.63) is 106 Å². The molecule has 0 spiro atoms. The number of methoxy groups -OCH3 is 1. The lowest BCUT2D eigenvalue weighted by molar-refractivity contribution is 0.0697. The Bertz CT molecular complexity index is 1680. The maximum absolute atomic E-state index is 14.2. The lowest BCUT2D eigenvalue weighted by Gasteiger charge is -2.14. The number of imidazole rings is 1. The molecule has 0 bridgehead atoms. The molecule has 0 fully saturated rings. The van der Waals surface area contributed by atoms with Crippen LogP contribution in [0.3, 0.4) is 0 Å². The Hall–Kier alpha value is -4.49. The number of benzene rings is 4. The van der Waals surface area contributed by atoms with Crippen LogP contribution in [0.25, 0.3) is 33.5 Å². The molecule has 8 heteroatoms. The fourth-order valence-corrected chi connectivity index (χ4v) is 4.73. The van der Waals surface area contributed by atoms with E-state index in [1.165, 1.54) is 25.3 Å². The van der Waals surface area contributed by atoms with Crippen LogP contribution in [0.1, 0.15) is 32.7 Å². The minimum atomic E-state index is -1.19. The molecule has 0 amide bonds. The summed E-state index contributed by atoms with van der Waals surface area (Å²) in [5.74, 6) is -1.45. The number of Topliss-reactive ketones (excluding diaryl/α,β-unsaturated/α-hetero) is 1. The van der Waals surface area contributed by atoms with E-state index in [0.29, 0.717) is 50.6 Å². The zero-order valence-corrected chi connectivity index (χ0v) is 21.1. The number of nitrogens with zero attached hydrogens (tertiary/aromatic N) is 1. The van der Waals surface area contributed by atoms with Gasteiger partial charge in [-0.1, -0.05) is 66.2 Å². The monoisotopic (exact) mass is 528 g/mol. The number of carboxylic acids is 1. The molecule has 0 saturated carbocycles. The van der Waals surface area contributed by atoms with Crippen LogP contribution in [0.15, 0.2) is 78.9 Å². The molecule has 5 rings (SSSR count). The number of ketones is 1. The van der Waals surface area contributed by atoms with Gasteiger partial charge in [0.15, 0.2) is 17.3 Å². The van der Waals surface area contributed by atoms with Gasteiger partial charge in [0.25, 0.3) is 0 Å². The molecule has 38 heavy (non-hydrogen) atoms. The molecular weight excluding hydrogens is 507 g/mol. The smallest absolute Gasteiger partial charge is 0.336 e. The van der Waals surface area contributed by atoms with Crippen LogP contribution in [0.2, 0.25) is 5.02 Å². The number of carbonyl (C=O) groups excluding carboxylic acids is 1. The van der Waals surface area contributed by atoms with E-state index in [9.17, 15) is 19.1 Å². The number of carbonyl (C=O) groups is 2. The number of carboxylic acid groups (broad SMARTS) is 1. The first kappa shape index (κ1) is 25.2. The Morgan fingerprint density at radius 2 is 1.79 bits per heavy atom. The van der Waals surface area contributed by atoms with Crippen molar-refractivity contribution in [3.8, 4) is 28.3 Å². The van der Waals surface area contributed by atoms with Gasteiger partial charge in [-0.2, -0.15) is 0 Å². The molecule has 6 nitrogen and oxygen atoms in total. The number of hydrogen-bond donors (Lipinski definition) is 2. The molecule has 0 saturated heterocycles. The number of aromatic amines is 1. The third-order valence-electron chi connectivity index (χ3n) is 6.35. The van der Waals surface area contributed by atoms with Crippen molar-refractivity contribution in [3.63, 3.8) is 0 Å². The normalized spacial score (nSPS) is 11.0. The summed E-state index contributed by atoms with van der Waals surface area (Å²) in [6.45, 7) is 0. The molecule has 1 heterocycles. The van der Waals surface area contributed by atoms with Crippen molar-refractivity contribution in [2.75, 3.05) is 7.11 Å². The second-order valence-corrected chi connectivity index (χ2v) is 9.13. The molecule has 4 aromatic carbocycles. The number of ether oxygens (including phenoxy) is 1. The number of nitrogens with one attached hydrogen (secondary N) is 1. The van der Waals surface area contributed by atoms with Gasteiger partial charge < -0.3 is 14.8 Å². The summed E-state index contributed by atoms with van der Waals surface area (Å²) >= 11 is 6.60. The van der Waals surface area contributed by atoms with Crippen molar-refractivity contribution in [1.82, 2.24) is 9.97 Å². The Morgan fingerprint density at radius 3 is 2.53 bits per heavy atom. The van der Waals surface area contributed by atoms with E-state index in [1.54, 1.807) is 30.3 Å². The average Bonchev–Trinajstić information content (AvgIpc) is 3.34.